The second-order valence-electron chi connectivity index (χ2n) is 9.21. The molecule has 0 atom stereocenters. The van der Waals surface area contributed by atoms with Crippen molar-refractivity contribution >= 4 is 16.7 Å². The first-order valence-corrected chi connectivity index (χ1v) is 11.5. The molecule has 0 spiro atoms. The number of fused-ring (bicyclic) bond motifs is 1. The molecule has 1 fully saturated rings. The smallest absolute Gasteiger partial charge is 0.171 e. The number of hydrogen-bond acceptors (Lipinski definition) is 6. The minimum atomic E-state index is 0.00399. The number of rotatable bonds is 6. The fourth-order valence-electron chi connectivity index (χ4n) is 4.28. The van der Waals surface area contributed by atoms with Crippen LogP contribution in [-0.2, 0) is 6.42 Å². The molecule has 0 saturated carbocycles. The predicted octanol–water partition coefficient (Wildman–Crippen LogP) is 3.96. The van der Waals surface area contributed by atoms with Crippen LogP contribution in [0, 0.1) is 0 Å². The summed E-state index contributed by atoms with van der Waals surface area (Å²) in [4.78, 5) is 24.4. The molecule has 8 heteroatoms. The molecule has 1 saturated heterocycles. The number of piperidine rings is 1. The summed E-state index contributed by atoms with van der Waals surface area (Å²) in [5, 5.41) is 9.83. The van der Waals surface area contributed by atoms with Crippen molar-refractivity contribution in [2.75, 3.05) is 20.1 Å². The zero-order valence-corrected chi connectivity index (χ0v) is 19.3. The summed E-state index contributed by atoms with van der Waals surface area (Å²) >= 11 is 0. The number of carbonyl (C=O) groups is 1. The van der Waals surface area contributed by atoms with Crippen LogP contribution in [0.15, 0.2) is 49.2 Å². The number of pyridine rings is 2. The zero-order valence-electron chi connectivity index (χ0n) is 19.3. The molecular weight excluding hydrogens is 414 g/mol. The van der Waals surface area contributed by atoms with Gasteiger partial charge in [0.05, 0.1) is 47.3 Å². The second kappa shape index (κ2) is 8.86. The quantitative estimate of drug-likeness (QED) is 0.420. The molecule has 8 nitrogen and oxygen atoms in total. The van der Waals surface area contributed by atoms with Crippen molar-refractivity contribution in [1.82, 2.24) is 34.4 Å². The Morgan fingerprint density at radius 1 is 1.09 bits per heavy atom. The number of Topliss-reactive ketones (excluding diaryl/α,β-unsaturated/α-hetero) is 1. The van der Waals surface area contributed by atoms with E-state index in [9.17, 15) is 4.79 Å². The molecule has 33 heavy (non-hydrogen) atoms. The fourth-order valence-corrected chi connectivity index (χ4v) is 4.28. The van der Waals surface area contributed by atoms with E-state index in [1.54, 1.807) is 23.3 Å². The molecule has 0 N–H and O–H groups in total. The van der Waals surface area contributed by atoms with Crippen LogP contribution >= 0.6 is 0 Å². The summed E-state index contributed by atoms with van der Waals surface area (Å²) < 4.78 is 3.88. The largest absolute Gasteiger partial charge is 0.306 e. The van der Waals surface area contributed by atoms with Gasteiger partial charge in [-0.15, -0.1) is 0 Å². The number of likely N-dealkylation sites (tertiary alicyclic amines) is 1. The number of aromatic nitrogens is 6. The highest BCUT2D eigenvalue weighted by atomic mass is 16.1. The molecule has 0 aromatic carbocycles. The van der Waals surface area contributed by atoms with E-state index in [0.717, 1.165) is 48.1 Å². The Balaban J connectivity index is 1.35. The second-order valence-corrected chi connectivity index (χ2v) is 9.21. The van der Waals surface area contributed by atoms with Gasteiger partial charge in [-0.1, -0.05) is 0 Å². The van der Waals surface area contributed by atoms with E-state index in [4.69, 9.17) is 4.98 Å². The van der Waals surface area contributed by atoms with Gasteiger partial charge in [-0.3, -0.25) is 19.1 Å². The van der Waals surface area contributed by atoms with Crippen molar-refractivity contribution in [1.29, 1.82) is 0 Å². The van der Waals surface area contributed by atoms with Gasteiger partial charge in [0.2, 0.25) is 0 Å². The van der Waals surface area contributed by atoms with Crippen LogP contribution < -0.4 is 0 Å². The van der Waals surface area contributed by atoms with Crippen LogP contribution in [-0.4, -0.2) is 60.3 Å². The monoisotopic (exact) mass is 443 g/mol. The Bertz CT molecular complexity index is 1280. The van der Waals surface area contributed by atoms with Crippen molar-refractivity contribution < 1.29 is 4.79 Å². The van der Waals surface area contributed by atoms with E-state index in [0.29, 0.717) is 17.3 Å². The normalized spacial score (nSPS) is 15.5. The van der Waals surface area contributed by atoms with Gasteiger partial charge in [0.15, 0.2) is 5.78 Å². The third-order valence-electron chi connectivity index (χ3n) is 6.38. The maximum atomic E-state index is 12.7. The molecule has 0 unspecified atom stereocenters. The first kappa shape index (κ1) is 21.5. The van der Waals surface area contributed by atoms with Crippen molar-refractivity contribution in [2.24, 2.45) is 0 Å². The molecule has 5 rings (SSSR count). The Kier molecular flexibility index (Phi) is 5.76. The lowest BCUT2D eigenvalue weighted by molar-refractivity contribution is 0.0992. The van der Waals surface area contributed by atoms with Crippen LogP contribution in [0.4, 0.5) is 0 Å². The molecule has 5 heterocycles. The van der Waals surface area contributed by atoms with Crippen LogP contribution in [0.1, 0.15) is 54.8 Å². The molecule has 1 aliphatic heterocycles. The van der Waals surface area contributed by atoms with Gasteiger partial charge in [0, 0.05) is 35.6 Å². The number of nitrogens with zero attached hydrogens (tertiary/aromatic N) is 7. The predicted molar refractivity (Wildman–Crippen MR) is 127 cm³/mol. The van der Waals surface area contributed by atoms with Crippen molar-refractivity contribution in [3.8, 4) is 11.3 Å². The molecule has 0 amide bonds. The van der Waals surface area contributed by atoms with Crippen molar-refractivity contribution in [3.63, 3.8) is 0 Å². The Morgan fingerprint density at radius 2 is 1.91 bits per heavy atom. The molecule has 0 aliphatic carbocycles. The van der Waals surface area contributed by atoms with Crippen molar-refractivity contribution in [2.45, 2.75) is 45.2 Å². The number of hydrogen-bond donors (Lipinski definition) is 0. The lowest BCUT2D eigenvalue weighted by atomic mass is 10.1. The molecule has 1 aliphatic rings. The van der Waals surface area contributed by atoms with E-state index in [1.165, 1.54) is 0 Å². The molecular formula is C25H29N7O. The highest BCUT2D eigenvalue weighted by Crippen LogP contribution is 2.25. The van der Waals surface area contributed by atoms with E-state index in [-0.39, 0.29) is 18.2 Å². The lowest BCUT2D eigenvalue weighted by Gasteiger charge is -2.28. The zero-order chi connectivity index (χ0) is 22.9. The molecule has 4 aromatic heterocycles. The molecule has 170 valence electrons. The van der Waals surface area contributed by atoms with Gasteiger partial charge >= 0.3 is 0 Å². The topological polar surface area (TPSA) is 81.7 Å². The fraction of sp³-hybridized carbons (Fsp3) is 0.400. The molecule has 0 bridgehead atoms. The van der Waals surface area contributed by atoms with Crippen LogP contribution in [0.3, 0.4) is 0 Å². The highest BCUT2D eigenvalue weighted by molar-refractivity contribution is 5.97. The first-order chi connectivity index (χ1) is 16.0. The van der Waals surface area contributed by atoms with Crippen LogP contribution in [0.5, 0.6) is 0 Å². The van der Waals surface area contributed by atoms with Crippen LogP contribution in [0.25, 0.3) is 22.2 Å². The highest BCUT2D eigenvalue weighted by Gasteiger charge is 2.19. The lowest BCUT2D eigenvalue weighted by Crippen LogP contribution is -2.31. The van der Waals surface area contributed by atoms with E-state index in [2.05, 4.69) is 38.0 Å². The average molecular weight is 444 g/mol. The van der Waals surface area contributed by atoms with Gasteiger partial charge < -0.3 is 4.90 Å². The number of ketones is 1. The molecule has 0 radical (unpaired) electrons. The summed E-state index contributed by atoms with van der Waals surface area (Å²) in [5.74, 6) is 0.00399. The SMILES string of the molecule is CC(C)n1cc(C(=O)Cc2cc3nc(-c4cnn(C5CCN(C)CC5)c4)ccc3cn2)cn1. The summed E-state index contributed by atoms with van der Waals surface area (Å²) in [6.45, 7) is 6.27. The van der Waals surface area contributed by atoms with Crippen LogP contribution in [0.2, 0.25) is 0 Å². The van der Waals surface area contributed by atoms with Gasteiger partial charge in [-0.05, 0) is 65.0 Å². The van der Waals surface area contributed by atoms with E-state index >= 15 is 0 Å². The van der Waals surface area contributed by atoms with Gasteiger partial charge in [-0.25, -0.2) is 4.98 Å². The summed E-state index contributed by atoms with van der Waals surface area (Å²) in [7, 11) is 2.17. The maximum Gasteiger partial charge on any atom is 0.171 e. The average Bonchev–Trinajstić information content (AvgIpc) is 3.50. The van der Waals surface area contributed by atoms with Gasteiger partial charge in [-0.2, -0.15) is 10.2 Å². The third-order valence-corrected chi connectivity index (χ3v) is 6.38. The summed E-state index contributed by atoms with van der Waals surface area (Å²) in [6, 6.07) is 6.60. The summed E-state index contributed by atoms with van der Waals surface area (Å²) in [6.07, 6.45) is 11.7. The van der Waals surface area contributed by atoms with Gasteiger partial charge in [0.1, 0.15) is 0 Å². The third kappa shape index (κ3) is 4.57. The Hall–Kier alpha value is -3.39. The maximum absolute atomic E-state index is 12.7. The first-order valence-electron chi connectivity index (χ1n) is 11.5. The van der Waals surface area contributed by atoms with E-state index < -0.39 is 0 Å². The minimum Gasteiger partial charge on any atom is -0.306 e. The number of carbonyl (C=O) groups excluding carboxylic acids is 1. The minimum absolute atomic E-state index is 0.00399. The molecule has 4 aromatic rings. The van der Waals surface area contributed by atoms with Crippen molar-refractivity contribution in [3.05, 3.63) is 60.4 Å². The summed E-state index contributed by atoms with van der Waals surface area (Å²) in [5.41, 5.74) is 4.02. The Labute approximate surface area is 193 Å². The van der Waals surface area contributed by atoms with E-state index in [1.807, 2.05) is 38.2 Å². The van der Waals surface area contributed by atoms with Gasteiger partial charge in [0.25, 0.3) is 0 Å². The Morgan fingerprint density at radius 3 is 2.67 bits per heavy atom. The standard InChI is InChI=1S/C25H29N7O/c1-17(2)31-16-20(14-27-31)25(33)11-21-10-24-18(12-26-21)4-5-23(29-24)19-13-28-32(15-19)22-6-8-30(3)9-7-22/h4-5,10,12-17,22H,6-9,11H2,1-3H3.